The van der Waals surface area contributed by atoms with E-state index < -0.39 is 0 Å². The molecule has 1 heterocycles. The summed E-state index contributed by atoms with van der Waals surface area (Å²) >= 11 is 0. The number of hydrogen-bond acceptors (Lipinski definition) is 4. The van der Waals surface area contributed by atoms with Crippen molar-refractivity contribution in [3.8, 4) is 40.9 Å². The molecule has 0 atom stereocenters. The Balaban J connectivity index is 1.79. The third-order valence-corrected chi connectivity index (χ3v) is 3.89. The first-order valence-corrected chi connectivity index (χ1v) is 8.59. The standard InChI is InChI=1S/C24H19NO3/c1-26-22-14-9-18(10-15-22)7-12-20-5-4-6-21(25-20)13-8-19-11-16-23(27-2)24(17-19)28-3/h4-6,9-11,14-17H,1-3H3. The van der Waals surface area contributed by atoms with Crippen molar-refractivity contribution < 1.29 is 14.2 Å². The quantitative estimate of drug-likeness (QED) is 0.657. The lowest BCUT2D eigenvalue weighted by atomic mass is 10.2. The Morgan fingerprint density at radius 3 is 1.82 bits per heavy atom. The summed E-state index contributed by atoms with van der Waals surface area (Å²) in [6, 6.07) is 18.7. The molecule has 4 nitrogen and oxygen atoms in total. The van der Waals surface area contributed by atoms with Gasteiger partial charge in [0.2, 0.25) is 0 Å². The number of pyridine rings is 1. The van der Waals surface area contributed by atoms with Crippen LogP contribution in [0.5, 0.6) is 17.2 Å². The van der Waals surface area contributed by atoms with Crippen molar-refractivity contribution >= 4 is 0 Å². The third kappa shape index (κ3) is 4.84. The van der Waals surface area contributed by atoms with Gasteiger partial charge in [-0.15, -0.1) is 0 Å². The molecular formula is C24H19NO3. The summed E-state index contributed by atoms with van der Waals surface area (Å²) in [5.74, 6) is 14.4. The van der Waals surface area contributed by atoms with E-state index in [4.69, 9.17) is 14.2 Å². The molecule has 0 unspecified atom stereocenters. The van der Waals surface area contributed by atoms with Crippen molar-refractivity contribution in [3.05, 3.63) is 83.2 Å². The fourth-order valence-corrected chi connectivity index (χ4v) is 2.43. The van der Waals surface area contributed by atoms with Gasteiger partial charge in [-0.3, -0.25) is 0 Å². The average molecular weight is 369 g/mol. The molecule has 28 heavy (non-hydrogen) atoms. The SMILES string of the molecule is COc1ccc(C#Cc2cccc(C#Cc3ccc(OC)c(OC)c3)n2)cc1. The molecule has 0 saturated carbocycles. The van der Waals surface area contributed by atoms with Gasteiger partial charge < -0.3 is 14.2 Å². The second kappa shape index (κ2) is 9.16. The van der Waals surface area contributed by atoms with E-state index in [2.05, 4.69) is 28.7 Å². The number of aromatic nitrogens is 1. The summed E-state index contributed by atoms with van der Waals surface area (Å²) in [5, 5.41) is 0. The van der Waals surface area contributed by atoms with Crippen LogP contribution in [0.2, 0.25) is 0 Å². The van der Waals surface area contributed by atoms with E-state index in [1.807, 2.05) is 60.7 Å². The Labute approximate surface area is 165 Å². The molecule has 2 aromatic carbocycles. The Hall–Kier alpha value is -3.89. The van der Waals surface area contributed by atoms with E-state index in [1.165, 1.54) is 0 Å². The molecule has 3 rings (SSSR count). The molecule has 138 valence electrons. The van der Waals surface area contributed by atoms with Crippen molar-refractivity contribution in [2.75, 3.05) is 21.3 Å². The van der Waals surface area contributed by atoms with Crippen molar-refractivity contribution in [1.82, 2.24) is 4.98 Å². The molecule has 3 aromatic rings. The molecule has 1 aromatic heterocycles. The molecule has 0 bridgehead atoms. The van der Waals surface area contributed by atoms with Crippen LogP contribution < -0.4 is 14.2 Å². The van der Waals surface area contributed by atoms with Gasteiger partial charge in [-0.25, -0.2) is 4.98 Å². The molecule has 0 N–H and O–H groups in total. The zero-order valence-electron chi connectivity index (χ0n) is 15.9. The first-order chi connectivity index (χ1) is 13.7. The molecular weight excluding hydrogens is 350 g/mol. The fraction of sp³-hybridized carbons (Fsp3) is 0.125. The normalized spacial score (nSPS) is 9.39. The lowest BCUT2D eigenvalue weighted by molar-refractivity contribution is 0.355. The van der Waals surface area contributed by atoms with Gasteiger partial charge in [0.1, 0.15) is 17.1 Å². The number of methoxy groups -OCH3 is 3. The maximum atomic E-state index is 5.30. The van der Waals surface area contributed by atoms with Gasteiger partial charge in [0.15, 0.2) is 11.5 Å². The predicted octanol–water partition coefficient (Wildman–Crippen LogP) is 3.91. The van der Waals surface area contributed by atoms with E-state index in [-0.39, 0.29) is 0 Å². The maximum Gasteiger partial charge on any atom is 0.161 e. The van der Waals surface area contributed by atoms with Crippen LogP contribution in [0, 0.1) is 23.7 Å². The number of nitrogens with zero attached hydrogens (tertiary/aromatic N) is 1. The Bertz CT molecular complexity index is 1080. The number of benzene rings is 2. The van der Waals surface area contributed by atoms with E-state index in [9.17, 15) is 0 Å². The first kappa shape index (κ1) is 18.9. The van der Waals surface area contributed by atoms with E-state index in [0.29, 0.717) is 22.9 Å². The van der Waals surface area contributed by atoms with Crippen molar-refractivity contribution in [2.45, 2.75) is 0 Å². The number of hydrogen-bond donors (Lipinski definition) is 0. The van der Waals surface area contributed by atoms with Crippen LogP contribution >= 0.6 is 0 Å². The van der Waals surface area contributed by atoms with E-state index >= 15 is 0 Å². The summed E-state index contributed by atoms with van der Waals surface area (Å²) in [6.45, 7) is 0. The van der Waals surface area contributed by atoms with E-state index in [0.717, 1.165) is 16.9 Å². The molecule has 0 aliphatic heterocycles. The minimum absolute atomic E-state index is 0.640. The summed E-state index contributed by atoms with van der Waals surface area (Å²) in [5.41, 5.74) is 3.02. The Morgan fingerprint density at radius 2 is 1.21 bits per heavy atom. The smallest absolute Gasteiger partial charge is 0.161 e. The summed E-state index contributed by atoms with van der Waals surface area (Å²) in [4.78, 5) is 4.49. The second-order valence-electron chi connectivity index (χ2n) is 5.71. The third-order valence-electron chi connectivity index (χ3n) is 3.89. The molecule has 0 spiro atoms. The van der Waals surface area contributed by atoms with Crippen LogP contribution in [-0.2, 0) is 0 Å². The zero-order valence-corrected chi connectivity index (χ0v) is 15.9. The fourth-order valence-electron chi connectivity index (χ4n) is 2.43. The van der Waals surface area contributed by atoms with E-state index in [1.54, 1.807) is 21.3 Å². The second-order valence-corrected chi connectivity index (χ2v) is 5.71. The lowest BCUT2D eigenvalue weighted by Gasteiger charge is -2.06. The monoisotopic (exact) mass is 369 g/mol. The van der Waals surface area contributed by atoms with Crippen LogP contribution in [0.15, 0.2) is 60.7 Å². The molecule has 0 aliphatic carbocycles. The maximum absolute atomic E-state index is 5.30. The molecule has 4 heteroatoms. The highest BCUT2D eigenvalue weighted by Crippen LogP contribution is 2.27. The van der Waals surface area contributed by atoms with Gasteiger partial charge in [-0.1, -0.05) is 17.9 Å². The number of rotatable bonds is 3. The summed E-state index contributed by atoms with van der Waals surface area (Å²) < 4.78 is 15.7. The molecule has 0 amide bonds. The Morgan fingerprint density at radius 1 is 0.607 bits per heavy atom. The molecule has 0 fully saturated rings. The summed E-state index contributed by atoms with van der Waals surface area (Å²) in [7, 11) is 4.84. The molecule has 0 saturated heterocycles. The van der Waals surface area contributed by atoms with Gasteiger partial charge in [0.25, 0.3) is 0 Å². The van der Waals surface area contributed by atoms with Crippen molar-refractivity contribution in [3.63, 3.8) is 0 Å². The first-order valence-electron chi connectivity index (χ1n) is 8.59. The molecule has 0 radical (unpaired) electrons. The van der Waals surface area contributed by atoms with Gasteiger partial charge in [0, 0.05) is 11.1 Å². The van der Waals surface area contributed by atoms with Crippen LogP contribution in [-0.4, -0.2) is 26.3 Å². The van der Waals surface area contributed by atoms with Gasteiger partial charge in [0.05, 0.1) is 21.3 Å². The largest absolute Gasteiger partial charge is 0.497 e. The van der Waals surface area contributed by atoms with Crippen molar-refractivity contribution in [2.24, 2.45) is 0 Å². The van der Waals surface area contributed by atoms with Crippen LogP contribution in [0.3, 0.4) is 0 Å². The highest BCUT2D eigenvalue weighted by Gasteiger charge is 2.02. The van der Waals surface area contributed by atoms with Gasteiger partial charge >= 0.3 is 0 Å². The average Bonchev–Trinajstić information content (AvgIpc) is 2.76. The van der Waals surface area contributed by atoms with Gasteiger partial charge in [-0.2, -0.15) is 0 Å². The van der Waals surface area contributed by atoms with Crippen molar-refractivity contribution in [1.29, 1.82) is 0 Å². The minimum Gasteiger partial charge on any atom is -0.497 e. The predicted molar refractivity (Wildman–Crippen MR) is 109 cm³/mol. The zero-order chi connectivity index (χ0) is 19.8. The minimum atomic E-state index is 0.640. The van der Waals surface area contributed by atoms with Crippen LogP contribution in [0.1, 0.15) is 22.5 Å². The van der Waals surface area contributed by atoms with Crippen LogP contribution in [0.25, 0.3) is 0 Å². The topological polar surface area (TPSA) is 40.6 Å². The Kier molecular flexibility index (Phi) is 6.18. The highest BCUT2D eigenvalue weighted by molar-refractivity contribution is 5.50. The highest BCUT2D eigenvalue weighted by atomic mass is 16.5. The summed E-state index contributed by atoms with van der Waals surface area (Å²) in [6.07, 6.45) is 0. The van der Waals surface area contributed by atoms with Gasteiger partial charge in [-0.05, 0) is 66.4 Å². The molecule has 0 aliphatic rings. The lowest BCUT2D eigenvalue weighted by Crippen LogP contribution is -1.91. The van der Waals surface area contributed by atoms with Crippen LogP contribution in [0.4, 0.5) is 0 Å². The number of ether oxygens (including phenoxy) is 3.